The molecule has 6 heteroatoms. The van der Waals surface area contributed by atoms with Gasteiger partial charge in [0.2, 0.25) is 5.91 Å². The van der Waals surface area contributed by atoms with Crippen LogP contribution in [0.3, 0.4) is 0 Å². The lowest BCUT2D eigenvalue weighted by Gasteiger charge is -2.09. The van der Waals surface area contributed by atoms with Crippen molar-refractivity contribution in [1.82, 2.24) is 9.78 Å². The van der Waals surface area contributed by atoms with E-state index in [1.54, 1.807) is 0 Å². The van der Waals surface area contributed by atoms with Crippen LogP contribution in [0.2, 0.25) is 0 Å². The highest BCUT2D eigenvalue weighted by molar-refractivity contribution is 5.73. The van der Waals surface area contributed by atoms with Crippen molar-refractivity contribution in [2.75, 3.05) is 17.6 Å². The molecule has 0 unspecified atom stereocenters. The molecule has 0 aliphatic heterocycles. The molecule has 0 saturated carbocycles. The first-order valence-corrected chi connectivity index (χ1v) is 6.41. The van der Waals surface area contributed by atoms with Crippen molar-refractivity contribution in [3.8, 4) is 0 Å². The van der Waals surface area contributed by atoms with Crippen LogP contribution in [0.1, 0.15) is 38.3 Å². The van der Waals surface area contributed by atoms with Gasteiger partial charge in [0.1, 0.15) is 5.82 Å². The van der Waals surface area contributed by atoms with Gasteiger partial charge in [0, 0.05) is 19.5 Å². The van der Waals surface area contributed by atoms with E-state index in [9.17, 15) is 4.79 Å². The maximum atomic E-state index is 10.6. The Labute approximate surface area is 108 Å². The molecule has 6 nitrogen and oxygen atoms in total. The van der Waals surface area contributed by atoms with Crippen LogP contribution in [0.4, 0.5) is 11.5 Å². The third-order valence-electron chi connectivity index (χ3n) is 2.75. The zero-order valence-corrected chi connectivity index (χ0v) is 11.2. The molecular formula is C12H23N5O. The lowest BCUT2D eigenvalue weighted by atomic mass is 10.2. The van der Waals surface area contributed by atoms with Crippen molar-refractivity contribution in [2.45, 2.75) is 46.1 Å². The lowest BCUT2D eigenvalue weighted by Crippen LogP contribution is -2.13. The molecule has 1 aromatic heterocycles. The average Bonchev–Trinajstić information content (AvgIpc) is 2.56. The number of rotatable bonds is 8. The summed E-state index contributed by atoms with van der Waals surface area (Å²) < 4.78 is 1.90. The summed E-state index contributed by atoms with van der Waals surface area (Å²) in [6.07, 6.45) is 3.13. The number of aryl methyl sites for hydroxylation is 2. The minimum absolute atomic E-state index is 0.249. The minimum atomic E-state index is -0.249. The topological polar surface area (TPSA) is 99.0 Å². The fraction of sp³-hybridized carbons (Fsp3) is 0.667. The van der Waals surface area contributed by atoms with Crippen LogP contribution in [0, 0.1) is 6.92 Å². The van der Waals surface area contributed by atoms with Gasteiger partial charge in [0.05, 0.1) is 11.4 Å². The summed E-state index contributed by atoms with van der Waals surface area (Å²) >= 11 is 0. The second kappa shape index (κ2) is 6.88. The van der Waals surface area contributed by atoms with Crippen molar-refractivity contribution in [2.24, 2.45) is 5.73 Å². The van der Waals surface area contributed by atoms with Crippen LogP contribution < -0.4 is 16.8 Å². The van der Waals surface area contributed by atoms with Crippen LogP contribution in [0.5, 0.6) is 0 Å². The molecule has 0 radical (unpaired) electrons. The first kappa shape index (κ1) is 14.3. The third-order valence-corrected chi connectivity index (χ3v) is 2.75. The van der Waals surface area contributed by atoms with E-state index in [-0.39, 0.29) is 5.91 Å². The Hall–Kier alpha value is -1.72. The standard InChI is InChI=1S/C12H23N5O/c1-3-8-17-12(11(14)9(2)16-17)15-7-5-4-6-10(13)18/h15H,3-8,14H2,1-2H3,(H2,13,18). The maximum Gasteiger partial charge on any atom is 0.217 e. The van der Waals surface area contributed by atoms with Crippen LogP contribution in [0.15, 0.2) is 0 Å². The van der Waals surface area contributed by atoms with Gasteiger partial charge >= 0.3 is 0 Å². The van der Waals surface area contributed by atoms with Gasteiger partial charge in [-0.05, 0) is 26.2 Å². The highest BCUT2D eigenvalue weighted by Crippen LogP contribution is 2.22. The van der Waals surface area contributed by atoms with E-state index in [2.05, 4.69) is 17.3 Å². The van der Waals surface area contributed by atoms with Crippen molar-refractivity contribution in [3.63, 3.8) is 0 Å². The summed E-state index contributed by atoms with van der Waals surface area (Å²) in [6, 6.07) is 0. The van der Waals surface area contributed by atoms with E-state index < -0.39 is 0 Å². The van der Waals surface area contributed by atoms with Gasteiger partial charge in [0.25, 0.3) is 0 Å². The highest BCUT2D eigenvalue weighted by Gasteiger charge is 2.10. The number of hydrogen-bond acceptors (Lipinski definition) is 4. The number of nitrogens with one attached hydrogen (secondary N) is 1. The molecule has 1 amide bonds. The Morgan fingerprint density at radius 1 is 1.44 bits per heavy atom. The molecule has 1 aromatic rings. The second-order valence-corrected chi connectivity index (χ2v) is 4.42. The highest BCUT2D eigenvalue weighted by atomic mass is 16.1. The Bertz CT molecular complexity index is 399. The van der Waals surface area contributed by atoms with Gasteiger partial charge in [-0.15, -0.1) is 0 Å². The fourth-order valence-corrected chi connectivity index (χ4v) is 1.79. The molecule has 0 spiro atoms. The molecule has 0 aromatic carbocycles. The predicted molar refractivity (Wildman–Crippen MR) is 73.2 cm³/mol. The number of anilines is 2. The van der Waals surface area contributed by atoms with E-state index >= 15 is 0 Å². The van der Waals surface area contributed by atoms with E-state index in [1.165, 1.54) is 0 Å². The number of hydrogen-bond donors (Lipinski definition) is 3. The van der Waals surface area contributed by atoms with Crippen molar-refractivity contribution >= 4 is 17.4 Å². The maximum absolute atomic E-state index is 10.6. The molecule has 1 heterocycles. The lowest BCUT2D eigenvalue weighted by molar-refractivity contribution is -0.118. The molecule has 0 atom stereocenters. The van der Waals surface area contributed by atoms with Gasteiger partial charge in [-0.3, -0.25) is 4.79 Å². The summed E-state index contributed by atoms with van der Waals surface area (Å²) in [5, 5.41) is 7.67. The summed E-state index contributed by atoms with van der Waals surface area (Å²) in [5.74, 6) is 0.634. The molecule has 0 fully saturated rings. The van der Waals surface area contributed by atoms with Crippen molar-refractivity contribution < 1.29 is 4.79 Å². The first-order valence-electron chi connectivity index (χ1n) is 6.41. The quantitative estimate of drug-likeness (QED) is 0.607. The summed E-state index contributed by atoms with van der Waals surface area (Å²) in [6.45, 7) is 5.62. The average molecular weight is 253 g/mol. The number of amides is 1. The smallest absolute Gasteiger partial charge is 0.217 e. The Balaban J connectivity index is 2.47. The van der Waals surface area contributed by atoms with Gasteiger partial charge in [-0.25, -0.2) is 4.68 Å². The number of primary amides is 1. The summed E-state index contributed by atoms with van der Waals surface area (Å²) in [4.78, 5) is 10.6. The van der Waals surface area contributed by atoms with Crippen molar-refractivity contribution in [1.29, 1.82) is 0 Å². The van der Waals surface area contributed by atoms with Gasteiger partial charge in [-0.2, -0.15) is 5.10 Å². The van der Waals surface area contributed by atoms with Crippen LogP contribution >= 0.6 is 0 Å². The van der Waals surface area contributed by atoms with Gasteiger partial charge in [0.15, 0.2) is 0 Å². The first-order chi connectivity index (χ1) is 8.56. The normalized spacial score (nSPS) is 10.6. The zero-order valence-electron chi connectivity index (χ0n) is 11.2. The molecule has 0 saturated heterocycles. The van der Waals surface area contributed by atoms with E-state index in [1.807, 2.05) is 11.6 Å². The third kappa shape index (κ3) is 3.94. The number of carbonyl (C=O) groups is 1. The summed E-state index contributed by atoms with van der Waals surface area (Å²) in [7, 11) is 0. The zero-order chi connectivity index (χ0) is 13.5. The molecule has 1 rings (SSSR count). The Kier molecular flexibility index (Phi) is 5.48. The van der Waals surface area contributed by atoms with Crippen LogP contribution in [-0.2, 0) is 11.3 Å². The largest absolute Gasteiger partial charge is 0.394 e. The van der Waals surface area contributed by atoms with Crippen molar-refractivity contribution in [3.05, 3.63) is 5.69 Å². The van der Waals surface area contributed by atoms with Gasteiger partial charge in [-0.1, -0.05) is 6.92 Å². The minimum Gasteiger partial charge on any atom is -0.394 e. The van der Waals surface area contributed by atoms with E-state index in [0.717, 1.165) is 43.9 Å². The van der Waals surface area contributed by atoms with Gasteiger partial charge < -0.3 is 16.8 Å². The Morgan fingerprint density at radius 3 is 2.78 bits per heavy atom. The second-order valence-electron chi connectivity index (χ2n) is 4.42. The number of nitrogens with zero attached hydrogens (tertiary/aromatic N) is 2. The fourth-order valence-electron chi connectivity index (χ4n) is 1.79. The predicted octanol–water partition coefficient (Wildman–Crippen LogP) is 1.25. The SMILES string of the molecule is CCCn1nc(C)c(N)c1NCCCCC(N)=O. The van der Waals surface area contributed by atoms with E-state index in [0.29, 0.717) is 12.1 Å². The molecule has 0 bridgehead atoms. The molecule has 0 aliphatic carbocycles. The van der Waals surface area contributed by atoms with Crippen LogP contribution in [-0.4, -0.2) is 22.2 Å². The number of carbonyl (C=O) groups excluding carboxylic acids is 1. The number of aromatic nitrogens is 2. The monoisotopic (exact) mass is 253 g/mol. The van der Waals surface area contributed by atoms with Crippen LogP contribution in [0.25, 0.3) is 0 Å². The molecule has 102 valence electrons. The number of unbranched alkanes of at least 4 members (excludes halogenated alkanes) is 1. The van der Waals surface area contributed by atoms with E-state index in [4.69, 9.17) is 11.5 Å². The molecule has 18 heavy (non-hydrogen) atoms. The number of nitrogen functional groups attached to an aromatic ring is 1. The number of nitrogens with two attached hydrogens (primary N) is 2. The summed E-state index contributed by atoms with van der Waals surface area (Å²) in [5.41, 5.74) is 12.6. The molecule has 5 N–H and O–H groups in total. The molecule has 0 aliphatic rings. The molecular weight excluding hydrogens is 230 g/mol. The Morgan fingerprint density at radius 2 is 2.17 bits per heavy atom.